The van der Waals surface area contributed by atoms with Gasteiger partial charge >= 0.3 is 18.4 Å². The van der Waals surface area contributed by atoms with E-state index in [9.17, 15) is 31.5 Å². The molecule has 178 valence electrons. The van der Waals surface area contributed by atoms with Gasteiger partial charge in [0.15, 0.2) is 0 Å². The molecule has 1 unspecified atom stereocenters. The number of hydrogen-bond donors (Lipinski definition) is 2. The van der Waals surface area contributed by atoms with Gasteiger partial charge in [-0.1, -0.05) is 6.07 Å². The highest BCUT2D eigenvalue weighted by Gasteiger charge is 2.39. The maximum absolute atomic E-state index is 14.2. The molecular formula is C20H25F5N4O3. The van der Waals surface area contributed by atoms with E-state index in [0.717, 1.165) is 25.0 Å². The van der Waals surface area contributed by atoms with Gasteiger partial charge in [-0.15, -0.1) is 13.2 Å². The lowest BCUT2D eigenvalue weighted by Gasteiger charge is -2.39. The van der Waals surface area contributed by atoms with Gasteiger partial charge in [0.1, 0.15) is 18.2 Å². The van der Waals surface area contributed by atoms with E-state index in [1.54, 1.807) is 9.80 Å². The lowest BCUT2D eigenvalue weighted by Crippen LogP contribution is -2.56. The Morgan fingerprint density at radius 1 is 1.16 bits per heavy atom. The third-order valence-corrected chi connectivity index (χ3v) is 5.31. The summed E-state index contributed by atoms with van der Waals surface area (Å²) < 4.78 is 66.9. The summed E-state index contributed by atoms with van der Waals surface area (Å²) in [6.45, 7) is -0.148. The molecule has 3 rings (SSSR count). The fourth-order valence-electron chi connectivity index (χ4n) is 3.75. The minimum Gasteiger partial charge on any atom is -0.406 e. The van der Waals surface area contributed by atoms with Gasteiger partial charge in [-0.05, 0) is 31.7 Å². The minimum atomic E-state index is -4.93. The van der Waals surface area contributed by atoms with Crippen LogP contribution in [-0.2, 0) is 6.54 Å². The van der Waals surface area contributed by atoms with Crippen molar-refractivity contribution in [3.63, 3.8) is 0 Å². The second-order valence-electron chi connectivity index (χ2n) is 7.76. The molecule has 0 radical (unpaired) electrons. The number of nitrogens with one attached hydrogen (secondary N) is 2. The normalized spacial score (nSPS) is 18.8. The molecular weight excluding hydrogens is 439 g/mol. The first kappa shape index (κ1) is 23.9. The van der Waals surface area contributed by atoms with Gasteiger partial charge in [0.25, 0.3) is 0 Å². The third kappa shape index (κ3) is 6.60. The number of ether oxygens (including phenoxy) is 1. The van der Waals surface area contributed by atoms with E-state index in [2.05, 4.69) is 15.4 Å². The average Bonchev–Trinajstić information content (AvgIpc) is 3.55. The van der Waals surface area contributed by atoms with Crippen LogP contribution in [-0.4, -0.2) is 66.6 Å². The number of rotatable bonds is 7. The van der Waals surface area contributed by atoms with E-state index in [1.807, 2.05) is 0 Å². The molecule has 0 spiro atoms. The lowest BCUT2D eigenvalue weighted by molar-refractivity contribution is -0.274. The Morgan fingerprint density at radius 2 is 1.91 bits per heavy atom. The number of piperidine rings is 1. The van der Waals surface area contributed by atoms with Crippen molar-refractivity contribution in [1.29, 1.82) is 0 Å². The Labute approximate surface area is 181 Å². The molecule has 12 heteroatoms. The number of benzene rings is 1. The Kier molecular flexibility index (Phi) is 7.62. The second kappa shape index (κ2) is 10.2. The zero-order valence-electron chi connectivity index (χ0n) is 17.3. The fourth-order valence-corrected chi connectivity index (χ4v) is 3.75. The van der Waals surface area contributed by atoms with Crippen molar-refractivity contribution in [2.75, 3.05) is 26.3 Å². The van der Waals surface area contributed by atoms with E-state index in [0.29, 0.717) is 32.0 Å². The molecule has 1 aromatic rings. The number of carbonyl (C=O) groups is 2. The smallest absolute Gasteiger partial charge is 0.406 e. The van der Waals surface area contributed by atoms with Gasteiger partial charge in [0, 0.05) is 43.9 Å². The summed E-state index contributed by atoms with van der Waals surface area (Å²) in [5.74, 6) is -1.61. The van der Waals surface area contributed by atoms with E-state index >= 15 is 0 Å². The van der Waals surface area contributed by atoms with E-state index < -0.39 is 30.6 Å². The van der Waals surface area contributed by atoms with Gasteiger partial charge in [-0.25, -0.2) is 18.4 Å². The van der Waals surface area contributed by atoms with Crippen molar-refractivity contribution in [3.8, 4) is 5.75 Å². The van der Waals surface area contributed by atoms with Crippen LogP contribution in [0.25, 0.3) is 0 Å². The summed E-state index contributed by atoms with van der Waals surface area (Å²) in [5.41, 5.74) is 0.0134. The van der Waals surface area contributed by atoms with Gasteiger partial charge < -0.3 is 25.2 Å². The predicted molar refractivity (Wildman–Crippen MR) is 104 cm³/mol. The lowest BCUT2D eigenvalue weighted by atomic mass is 10.0. The first-order valence-electron chi connectivity index (χ1n) is 10.4. The van der Waals surface area contributed by atoms with Crippen LogP contribution in [0.5, 0.6) is 5.75 Å². The van der Waals surface area contributed by atoms with Crippen LogP contribution in [0.15, 0.2) is 18.2 Å². The molecule has 0 aromatic heterocycles. The first-order chi connectivity index (χ1) is 15.2. The number of amides is 4. The van der Waals surface area contributed by atoms with Crippen molar-refractivity contribution < 1.29 is 36.3 Å². The molecule has 2 N–H and O–H groups in total. The molecule has 1 aliphatic heterocycles. The summed E-state index contributed by atoms with van der Waals surface area (Å²) in [6, 6.07) is 1.68. The second-order valence-corrected chi connectivity index (χ2v) is 7.76. The number of alkyl halides is 4. The largest absolute Gasteiger partial charge is 0.573 e. The third-order valence-electron chi connectivity index (χ3n) is 5.31. The van der Waals surface area contributed by atoms with Crippen molar-refractivity contribution in [2.45, 2.75) is 50.7 Å². The molecule has 0 bridgehead atoms. The highest BCUT2D eigenvalue weighted by molar-refractivity contribution is 5.76. The van der Waals surface area contributed by atoms with Crippen molar-refractivity contribution in [1.82, 2.24) is 20.4 Å². The number of halogens is 5. The molecule has 32 heavy (non-hydrogen) atoms. The number of hydrogen-bond acceptors (Lipinski definition) is 3. The Balaban J connectivity index is 1.59. The highest BCUT2D eigenvalue weighted by atomic mass is 19.4. The van der Waals surface area contributed by atoms with Crippen molar-refractivity contribution in [3.05, 3.63) is 29.6 Å². The SMILES string of the molecule is O=C(NCCF)N1CCCC(N(C(=O)NCc2ccc(OC(F)(F)F)cc2F)C2CC2)C1. The standard InChI is InChI=1S/C20H25F5N4O3/c21-7-8-26-18(30)28-9-1-2-15(12-28)29(14-4-5-14)19(31)27-11-13-3-6-16(10-17(13)22)32-20(23,24)25/h3,6,10,14-15H,1-2,4-5,7-9,11-12H2,(H,26,30)(H,27,31). The van der Waals surface area contributed by atoms with E-state index in [1.165, 1.54) is 0 Å². The zero-order valence-corrected chi connectivity index (χ0v) is 17.3. The van der Waals surface area contributed by atoms with E-state index in [-0.39, 0.29) is 36.8 Å². The van der Waals surface area contributed by atoms with Gasteiger partial charge in [0.05, 0.1) is 6.04 Å². The Hall–Kier alpha value is -2.79. The highest BCUT2D eigenvalue weighted by Crippen LogP contribution is 2.32. The van der Waals surface area contributed by atoms with Gasteiger partial charge in [-0.3, -0.25) is 0 Å². The summed E-state index contributed by atoms with van der Waals surface area (Å²) in [7, 11) is 0. The molecule has 1 atom stereocenters. The number of nitrogens with zero attached hydrogens (tertiary/aromatic N) is 2. The van der Waals surface area contributed by atoms with Crippen LogP contribution >= 0.6 is 0 Å². The molecule has 1 aliphatic carbocycles. The predicted octanol–water partition coefficient (Wildman–Crippen LogP) is 3.54. The summed E-state index contributed by atoms with van der Waals surface area (Å²) in [6.07, 6.45) is -1.93. The van der Waals surface area contributed by atoms with Crippen molar-refractivity contribution >= 4 is 12.1 Å². The van der Waals surface area contributed by atoms with E-state index in [4.69, 9.17) is 0 Å². The minimum absolute atomic E-state index is 0.0134. The molecule has 7 nitrogen and oxygen atoms in total. The molecule has 1 heterocycles. The van der Waals surface area contributed by atoms with Crippen LogP contribution in [0.3, 0.4) is 0 Å². The number of carbonyl (C=O) groups excluding carboxylic acids is 2. The van der Waals surface area contributed by atoms with Crippen LogP contribution in [0, 0.1) is 5.82 Å². The number of likely N-dealkylation sites (tertiary alicyclic amines) is 1. The molecule has 1 saturated heterocycles. The van der Waals surface area contributed by atoms with Gasteiger partial charge in [-0.2, -0.15) is 0 Å². The van der Waals surface area contributed by atoms with Crippen LogP contribution in [0.1, 0.15) is 31.2 Å². The quantitative estimate of drug-likeness (QED) is 0.607. The molecule has 2 fully saturated rings. The monoisotopic (exact) mass is 464 g/mol. The Bertz CT molecular complexity index is 819. The average molecular weight is 464 g/mol. The van der Waals surface area contributed by atoms with Crippen LogP contribution < -0.4 is 15.4 Å². The topological polar surface area (TPSA) is 73.9 Å². The van der Waals surface area contributed by atoms with Gasteiger partial charge in [0.2, 0.25) is 0 Å². The van der Waals surface area contributed by atoms with Crippen LogP contribution in [0.2, 0.25) is 0 Å². The summed E-state index contributed by atoms with van der Waals surface area (Å²) >= 11 is 0. The summed E-state index contributed by atoms with van der Waals surface area (Å²) in [5, 5.41) is 5.10. The van der Waals surface area contributed by atoms with Crippen LogP contribution in [0.4, 0.5) is 31.5 Å². The zero-order chi connectivity index (χ0) is 23.3. The van der Waals surface area contributed by atoms with Crippen molar-refractivity contribution in [2.24, 2.45) is 0 Å². The maximum Gasteiger partial charge on any atom is 0.573 e. The first-order valence-corrected chi connectivity index (χ1v) is 10.4. The molecule has 4 amide bonds. The fraction of sp³-hybridized carbons (Fsp3) is 0.600. The Morgan fingerprint density at radius 3 is 2.53 bits per heavy atom. The molecule has 1 saturated carbocycles. The molecule has 1 aromatic carbocycles. The number of urea groups is 2. The maximum atomic E-state index is 14.2. The molecule has 2 aliphatic rings. The summed E-state index contributed by atoms with van der Waals surface area (Å²) in [4.78, 5) is 28.2.